The Balaban J connectivity index is 2.25. The number of carboxylic acids is 1. The van der Waals surface area contributed by atoms with E-state index in [2.05, 4.69) is 5.32 Å². The number of benzene rings is 1. The van der Waals surface area contributed by atoms with Crippen LogP contribution in [0, 0.1) is 20.8 Å². The molecule has 5 heteroatoms. The number of furan rings is 1. The van der Waals surface area contributed by atoms with Crippen molar-refractivity contribution in [2.24, 2.45) is 0 Å². The maximum absolute atomic E-state index is 12.0. The van der Waals surface area contributed by atoms with Crippen molar-refractivity contribution in [3.05, 3.63) is 52.5 Å². The van der Waals surface area contributed by atoms with E-state index < -0.39 is 11.9 Å². The molecule has 0 fully saturated rings. The Bertz CT molecular complexity index is 662. The Morgan fingerprint density at radius 2 is 1.70 bits per heavy atom. The molecule has 1 heterocycles. The van der Waals surface area contributed by atoms with Gasteiger partial charge in [0, 0.05) is 11.8 Å². The highest BCUT2D eigenvalue weighted by Gasteiger charge is 2.16. The van der Waals surface area contributed by atoms with Gasteiger partial charge in [0.05, 0.1) is 5.56 Å². The Morgan fingerprint density at radius 1 is 1.10 bits per heavy atom. The van der Waals surface area contributed by atoms with Gasteiger partial charge in [0.1, 0.15) is 6.26 Å². The predicted octanol–water partition coefficient (Wildman–Crippen LogP) is 3.16. The summed E-state index contributed by atoms with van der Waals surface area (Å²) >= 11 is 0. The lowest BCUT2D eigenvalue weighted by atomic mass is 10.1. The summed E-state index contributed by atoms with van der Waals surface area (Å²) in [6.45, 7) is 5.79. The molecule has 20 heavy (non-hydrogen) atoms. The third-order valence-corrected chi connectivity index (χ3v) is 2.99. The summed E-state index contributed by atoms with van der Waals surface area (Å²) in [5.74, 6) is -1.62. The first-order chi connectivity index (χ1) is 9.38. The van der Waals surface area contributed by atoms with E-state index in [9.17, 15) is 9.59 Å². The number of carbonyl (C=O) groups excluding carboxylic acids is 1. The summed E-state index contributed by atoms with van der Waals surface area (Å²) in [7, 11) is 0. The molecule has 0 aliphatic rings. The quantitative estimate of drug-likeness (QED) is 0.900. The van der Waals surface area contributed by atoms with Gasteiger partial charge in [0.25, 0.3) is 5.91 Å². The average Bonchev–Trinajstić information content (AvgIpc) is 2.83. The van der Waals surface area contributed by atoms with Crippen LogP contribution in [0.25, 0.3) is 0 Å². The number of hydrogen-bond acceptors (Lipinski definition) is 3. The number of rotatable bonds is 3. The van der Waals surface area contributed by atoms with Crippen molar-refractivity contribution in [2.45, 2.75) is 20.8 Å². The fourth-order valence-electron chi connectivity index (χ4n) is 2.12. The molecule has 0 bridgehead atoms. The minimum Gasteiger partial charge on any atom is -0.478 e. The first-order valence-corrected chi connectivity index (χ1v) is 6.09. The van der Waals surface area contributed by atoms with Crippen LogP contribution in [0.4, 0.5) is 5.69 Å². The fourth-order valence-corrected chi connectivity index (χ4v) is 2.12. The minimum atomic E-state index is -1.13. The molecule has 0 unspecified atom stereocenters. The molecule has 5 nitrogen and oxygen atoms in total. The van der Waals surface area contributed by atoms with Gasteiger partial charge < -0.3 is 14.8 Å². The van der Waals surface area contributed by atoms with Crippen molar-refractivity contribution in [2.75, 3.05) is 5.32 Å². The molecule has 0 spiro atoms. The molecule has 0 radical (unpaired) electrons. The van der Waals surface area contributed by atoms with Crippen molar-refractivity contribution >= 4 is 17.6 Å². The fraction of sp³-hybridized carbons (Fsp3) is 0.200. The Hall–Kier alpha value is -2.56. The van der Waals surface area contributed by atoms with Crippen LogP contribution in [0.2, 0.25) is 0 Å². The van der Waals surface area contributed by atoms with E-state index in [0.29, 0.717) is 5.69 Å². The van der Waals surface area contributed by atoms with E-state index in [-0.39, 0.29) is 11.3 Å². The largest absolute Gasteiger partial charge is 0.478 e. The van der Waals surface area contributed by atoms with Gasteiger partial charge in [-0.3, -0.25) is 4.79 Å². The van der Waals surface area contributed by atoms with E-state index >= 15 is 0 Å². The molecule has 0 saturated heterocycles. The van der Waals surface area contributed by atoms with Gasteiger partial charge in [-0.05, 0) is 31.9 Å². The number of aromatic carboxylic acids is 1. The highest BCUT2D eigenvalue weighted by Crippen LogP contribution is 2.23. The summed E-state index contributed by atoms with van der Waals surface area (Å²) in [6, 6.07) is 5.14. The second-order valence-electron chi connectivity index (χ2n) is 4.73. The number of carbonyl (C=O) groups is 2. The molecule has 1 amide bonds. The third kappa shape index (κ3) is 2.71. The van der Waals surface area contributed by atoms with E-state index in [1.165, 1.54) is 6.07 Å². The molecule has 2 N–H and O–H groups in total. The zero-order valence-electron chi connectivity index (χ0n) is 11.5. The van der Waals surface area contributed by atoms with Crippen molar-refractivity contribution in [1.29, 1.82) is 0 Å². The maximum atomic E-state index is 12.0. The van der Waals surface area contributed by atoms with Crippen LogP contribution in [-0.4, -0.2) is 17.0 Å². The first kappa shape index (κ1) is 13.9. The summed E-state index contributed by atoms with van der Waals surface area (Å²) in [6.07, 6.45) is 1.05. The van der Waals surface area contributed by atoms with E-state index in [1.807, 2.05) is 32.9 Å². The van der Waals surface area contributed by atoms with Gasteiger partial charge in [-0.1, -0.05) is 17.7 Å². The van der Waals surface area contributed by atoms with Crippen LogP contribution in [0.3, 0.4) is 0 Å². The minimum absolute atomic E-state index is 0.0261. The SMILES string of the molecule is Cc1cc(C)c(NC(=O)c2cc(C(=O)O)co2)c(C)c1. The lowest BCUT2D eigenvalue weighted by Gasteiger charge is -2.11. The van der Waals surface area contributed by atoms with Crippen LogP contribution in [0.5, 0.6) is 0 Å². The molecule has 0 aliphatic carbocycles. The molecule has 2 rings (SSSR count). The molecule has 0 saturated carbocycles. The molecular weight excluding hydrogens is 258 g/mol. The van der Waals surface area contributed by atoms with Gasteiger partial charge in [0.15, 0.2) is 5.76 Å². The molecule has 0 aliphatic heterocycles. The number of nitrogens with one attached hydrogen (secondary N) is 1. The van der Waals surface area contributed by atoms with E-state index in [0.717, 1.165) is 23.0 Å². The Labute approximate surface area is 116 Å². The maximum Gasteiger partial charge on any atom is 0.338 e. The monoisotopic (exact) mass is 273 g/mol. The van der Waals surface area contributed by atoms with Crippen LogP contribution in [-0.2, 0) is 0 Å². The summed E-state index contributed by atoms with van der Waals surface area (Å²) in [4.78, 5) is 22.8. The number of hydrogen-bond donors (Lipinski definition) is 2. The number of aryl methyl sites for hydroxylation is 3. The zero-order valence-corrected chi connectivity index (χ0v) is 11.5. The average molecular weight is 273 g/mol. The van der Waals surface area contributed by atoms with Crippen molar-refractivity contribution < 1.29 is 19.1 Å². The first-order valence-electron chi connectivity index (χ1n) is 6.09. The van der Waals surface area contributed by atoms with Crippen molar-refractivity contribution in [3.8, 4) is 0 Å². The Kier molecular flexibility index (Phi) is 3.61. The van der Waals surface area contributed by atoms with E-state index in [1.54, 1.807) is 0 Å². The van der Waals surface area contributed by atoms with E-state index in [4.69, 9.17) is 9.52 Å². The second-order valence-corrected chi connectivity index (χ2v) is 4.73. The van der Waals surface area contributed by atoms with Gasteiger partial charge in [-0.2, -0.15) is 0 Å². The van der Waals surface area contributed by atoms with Crippen LogP contribution in [0.15, 0.2) is 28.9 Å². The van der Waals surface area contributed by atoms with Crippen LogP contribution < -0.4 is 5.32 Å². The number of anilines is 1. The van der Waals surface area contributed by atoms with Crippen LogP contribution in [0.1, 0.15) is 37.6 Å². The highest BCUT2D eigenvalue weighted by atomic mass is 16.4. The predicted molar refractivity (Wildman–Crippen MR) is 74.3 cm³/mol. The normalized spacial score (nSPS) is 10.3. The van der Waals surface area contributed by atoms with Gasteiger partial charge in [0.2, 0.25) is 0 Å². The van der Waals surface area contributed by atoms with Gasteiger partial charge in [-0.25, -0.2) is 4.79 Å². The zero-order chi connectivity index (χ0) is 14.9. The summed E-state index contributed by atoms with van der Waals surface area (Å²) < 4.78 is 4.97. The standard InChI is InChI=1S/C15H15NO4/c1-8-4-9(2)13(10(3)5-8)16-14(17)12-6-11(7-20-12)15(18)19/h4-7H,1-3H3,(H,16,17)(H,18,19). The summed E-state index contributed by atoms with van der Waals surface area (Å²) in [5, 5.41) is 11.5. The smallest absolute Gasteiger partial charge is 0.338 e. The molecule has 1 aromatic heterocycles. The highest BCUT2D eigenvalue weighted by molar-refractivity contribution is 6.04. The van der Waals surface area contributed by atoms with Crippen molar-refractivity contribution in [1.82, 2.24) is 0 Å². The molecule has 2 aromatic rings. The summed E-state index contributed by atoms with van der Waals surface area (Å²) in [5.41, 5.74) is 3.67. The molecule has 0 atom stereocenters. The second kappa shape index (κ2) is 5.21. The Morgan fingerprint density at radius 3 is 2.20 bits per heavy atom. The van der Waals surface area contributed by atoms with Gasteiger partial charge >= 0.3 is 5.97 Å². The molecule has 1 aromatic carbocycles. The molecular formula is C15H15NO4. The topological polar surface area (TPSA) is 79.5 Å². The van der Waals surface area contributed by atoms with Crippen molar-refractivity contribution in [3.63, 3.8) is 0 Å². The van der Waals surface area contributed by atoms with Crippen LogP contribution >= 0.6 is 0 Å². The van der Waals surface area contributed by atoms with Gasteiger partial charge in [-0.15, -0.1) is 0 Å². The lowest BCUT2D eigenvalue weighted by Crippen LogP contribution is -2.13. The number of amides is 1. The lowest BCUT2D eigenvalue weighted by molar-refractivity contribution is 0.0696. The number of carboxylic acid groups (broad SMARTS) is 1. The third-order valence-electron chi connectivity index (χ3n) is 2.99. The molecule has 104 valence electrons.